The zero-order valence-electron chi connectivity index (χ0n) is 11.7. The molecular formula is C14H14ClN5O. The number of nitrogens with one attached hydrogen (secondary N) is 1. The summed E-state index contributed by atoms with van der Waals surface area (Å²) in [6.07, 6.45) is 5.22. The highest BCUT2D eigenvalue weighted by Crippen LogP contribution is 2.16. The Morgan fingerprint density at radius 2 is 2.24 bits per heavy atom. The van der Waals surface area contributed by atoms with Gasteiger partial charge in [0.2, 0.25) is 0 Å². The summed E-state index contributed by atoms with van der Waals surface area (Å²) in [6, 6.07) is 3.53. The first-order valence-corrected chi connectivity index (χ1v) is 6.82. The van der Waals surface area contributed by atoms with E-state index in [1.165, 1.54) is 0 Å². The van der Waals surface area contributed by atoms with Gasteiger partial charge in [-0.05, 0) is 19.1 Å². The van der Waals surface area contributed by atoms with Crippen molar-refractivity contribution in [2.24, 2.45) is 7.05 Å². The Labute approximate surface area is 126 Å². The molecule has 0 spiro atoms. The Bertz CT molecular complexity index is 820. The highest BCUT2D eigenvalue weighted by molar-refractivity contribution is 6.30. The third kappa shape index (κ3) is 2.50. The van der Waals surface area contributed by atoms with Crippen molar-refractivity contribution in [3.63, 3.8) is 0 Å². The molecule has 3 heterocycles. The Morgan fingerprint density at radius 3 is 2.95 bits per heavy atom. The van der Waals surface area contributed by atoms with Gasteiger partial charge in [0.25, 0.3) is 5.91 Å². The number of hydrogen-bond donors (Lipinski definition) is 1. The SMILES string of the molecule is Cc1nc2ccc(Cl)cn2c1C(=O)NCc1nccn1C. The molecule has 3 aromatic rings. The van der Waals surface area contributed by atoms with E-state index in [4.69, 9.17) is 11.6 Å². The monoisotopic (exact) mass is 303 g/mol. The van der Waals surface area contributed by atoms with Crippen LogP contribution in [0.25, 0.3) is 5.65 Å². The average molecular weight is 304 g/mol. The lowest BCUT2D eigenvalue weighted by Crippen LogP contribution is -2.26. The second-order valence-corrected chi connectivity index (χ2v) is 5.19. The molecule has 0 aliphatic carbocycles. The number of carbonyl (C=O) groups excluding carboxylic acids is 1. The first-order valence-electron chi connectivity index (χ1n) is 6.45. The number of halogens is 1. The molecule has 108 valence electrons. The third-order valence-corrected chi connectivity index (χ3v) is 3.52. The Kier molecular flexibility index (Phi) is 3.39. The van der Waals surface area contributed by atoms with Crippen LogP contribution in [0.15, 0.2) is 30.7 Å². The number of pyridine rings is 1. The van der Waals surface area contributed by atoms with E-state index in [9.17, 15) is 4.79 Å². The third-order valence-electron chi connectivity index (χ3n) is 3.30. The second kappa shape index (κ2) is 5.21. The van der Waals surface area contributed by atoms with Crippen LogP contribution < -0.4 is 5.32 Å². The van der Waals surface area contributed by atoms with Crippen molar-refractivity contribution in [2.45, 2.75) is 13.5 Å². The van der Waals surface area contributed by atoms with Gasteiger partial charge in [-0.2, -0.15) is 0 Å². The number of fused-ring (bicyclic) bond motifs is 1. The zero-order chi connectivity index (χ0) is 15.0. The van der Waals surface area contributed by atoms with Crippen LogP contribution in [0.2, 0.25) is 5.02 Å². The molecule has 7 heteroatoms. The average Bonchev–Trinajstić information content (AvgIpc) is 2.98. The number of amides is 1. The van der Waals surface area contributed by atoms with E-state index < -0.39 is 0 Å². The second-order valence-electron chi connectivity index (χ2n) is 4.76. The van der Waals surface area contributed by atoms with E-state index in [2.05, 4.69) is 15.3 Å². The molecule has 6 nitrogen and oxygen atoms in total. The maximum atomic E-state index is 12.4. The van der Waals surface area contributed by atoms with Crippen LogP contribution in [0.4, 0.5) is 0 Å². The smallest absolute Gasteiger partial charge is 0.270 e. The molecule has 1 amide bonds. The summed E-state index contributed by atoms with van der Waals surface area (Å²) in [5, 5.41) is 3.41. The van der Waals surface area contributed by atoms with Gasteiger partial charge in [-0.25, -0.2) is 9.97 Å². The van der Waals surface area contributed by atoms with Crippen LogP contribution in [-0.4, -0.2) is 24.8 Å². The molecule has 0 fully saturated rings. The van der Waals surface area contributed by atoms with E-state index >= 15 is 0 Å². The maximum absolute atomic E-state index is 12.4. The molecular weight excluding hydrogens is 290 g/mol. The summed E-state index contributed by atoms with van der Waals surface area (Å²) in [6.45, 7) is 2.16. The lowest BCUT2D eigenvalue weighted by atomic mass is 10.3. The van der Waals surface area contributed by atoms with Gasteiger partial charge in [0.05, 0.1) is 17.3 Å². The van der Waals surface area contributed by atoms with Gasteiger partial charge in [-0.15, -0.1) is 0 Å². The number of carbonyl (C=O) groups is 1. The van der Waals surface area contributed by atoms with Crippen LogP contribution in [-0.2, 0) is 13.6 Å². The molecule has 21 heavy (non-hydrogen) atoms. The number of aromatic nitrogens is 4. The van der Waals surface area contributed by atoms with Crippen molar-refractivity contribution < 1.29 is 4.79 Å². The van der Waals surface area contributed by atoms with Crippen LogP contribution in [0.3, 0.4) is 0 Å². The first kappa shape index (κ1) is 13.6. The number of aryl methyl sites for hydroxylation is 2. The lowest BCUT2D eigenvalue weighted by Gasteiger charge is -2.06. The fraction of sp³-hybridized carbons (Fsp3) is 0.214. The van der Waals surface area contributed by atoms with Gasteiger partial charge in [-0.1, -0.05) is 11.6 Å². The van der Waals surface area contributed by atoms with Crippen molar-refractivity contribution in [3.05, 3.63) is 53.0 Å². The summed E-state index contributed by atoms with van der Waals surface area (Å²) in [5.74, 6) is 0.582. The number of imidazole rings is 2. The fourth-order valence-corrected chi connectivity index (χ4v) is 2.38. The summed E-state index contributed by atoms with van der Waals surface area (Å²) < 4.78 is 3.56. The van der Waals surface area contributed by atoms with Crippen LogP contribution in [0.1, 0.15) is 22.0 Å². The Morgan fingerprint density at radius 1 is 1.43 bits per heavy atom. The molecule has 0 saturated carbocycles. The van der Waals surface area contributed by atoms with Gasteiger partial charge in [0, 0.05) is 25.6 Å². The van der Waals surface area contributed by atoms with Gasteiger partial charge >= 0.3 is 0 Å². The molecule has 0 radical (unpaired) electrons. The standard InChI is InChI=1S/C14H14ClN5O/c1-9-13(20-8-10(15)3-4-11(20)18-9)14(21)17-7-12-16-5-6-19(12)2/h3-6,8H,7H2,1-2H3,(H,17,21). The van der Waals surface area contributed by atoms with E-state index in [0.29, 0.717) is 28.6 Å². The Balaban J connectivity index is 1.89. The van der Waals surface area contributed by atoms with Crippen molar-refractivity contribution in [1.82, 2.24) is 24.3 Å². The predicted octanol–water partition coefficient (Wildman–Crippen LogP) is 1.96. The minimum Gasteiger partial charge on any atom is -0.343 e. The molecule has 0 aromatic carbocycles. The van der Waals surface area contributed by atoms with Crippen molar-refractivity contribution in [2.75, 3.05) is 0 Å². The Hall–Kier alpha value is -2.34. The van der Waals surface area contributed by atoms with Gasteiger partial charge < -0.3 is 9.88 Å². The number of nitrogens with zero attached hydrogens (tertiary/aromatic N) is 4. The summed E-state index contributed by atoms with van der Waals surface area (Å²) in [5.41, 5.74) is 1.84. The minimum absolute atomic E-state index is 0.203. The van der Waals surface area contributed by atoms with E-state index in [-0.39, 0.29) is 5.91 Å². The summed E-state index contributed by atoms with van der Waals surface area (Å²) >= 11 is 5.99. The van der Waals surface area contributed by atoms with Crippen molar-refractivity contribution in [1.29, 1.82) is 0 Å². The van der Waals surface area contributed by atoms with Gasteiger partial charge in [0.1, 0.15) is 17.2 Å². The minimum atomic E-state index is -0.203. The highest BCUT2D eigenvalue weighted by atomic mass is 35.5. The molecule has 3 aromatic heterocycles. The molecule has 3 rings (SSSR count). The topological polar surface area (TPSA) is 64.2 Å². The fourth-order valence-electron chi connectivity index (χ4n) is 2.22. The number of hydrogen-bond acceptors (Lipinski definition) is 3. The van der Waals surface area contributed by atoms with Crippen molar-refractivity contribution >= 4 is 23.2 Å². The normalized spacial score (nSPS) is 11.0. The van der Waals surface area contributed by atoms with E-state index in [1.54, 1.807) is 35.9 Å². The zero-order valence-corrected chi connectivity index (χ0v) is 12.4. The molecule has 0 aliphatic rings. The van der Waals surface area contributed by atoms with Crippen LogP contribution >= 0.6 is 11.6 Å². The highest BCUT2D eigenvalue weighted by Gasteiger charge is 2.17. The molecule has 1 N–H and O–H groups in total. The first-order chi connectivity index (χ1) is 10.1. The van der Waals surface area contributed by atoms with E-state index in [1.807, 2.05) is 17.8 Å². The molecule has 0 unspecified atom stereocenters. The maximum Gasteiger partial charge on any atom is 0.270 e. The molecule has 0 atom stereocenters. The van der Waals surface area contributed by atoms with E-state index in [0.717, 1.165) is 5.82 Å². The van der Waals surface area contributed by atoms with Crippen LogP contribution in [0.5, 0.6) is 0 Å². The molecule has 0 bridgehead atoms. The number of rotatable bonds is 3. The quantitative estimate of drug-likeness (QED) is 0.804. The molecule has 0 aliphatic heterocycles. The lowest BCUT2D eigenvalue weighted by molar-refractivity contribution is 0.0943. The largest absolute Gasteiger partial charge is 0.343 e. The van der Waals surface area contributed by atoms with Crippen molar-refractivity contribution in [3.8, 4) is 0 Å². The van der Waals surface area contributed by atoms with Gasteiger partial charge in [0.15, 0.2) is 0 Å². The predicted molar refractivity (Wildman–Crippen MR) is 79.3 cm³/mol. The molecule has 0 saturated heterocycles. The van der Waals surface area contributed by atoms with Gasteiger partial charge in [-0.3, -0.25) is 9.20 Å². The summed E-state index contributed by atoms with van der Waals surface area (Å²) in [4.78, 5) is 20.9. The summed E-state index contributed by atoms with van der Waals surface area (Å²) in [7, 11) is 1.88. The van der Waals surface area contributed by atoms with Crippen LogP contribution in [0, 0.1) is 6.92 Å².